The predicted octanol–water partition coefficient (Wildman–Crippen LogP) is 4.75. The first kappa shape index (κ1) is 12.4. The zero-order chi connectivity index (χ0) is 13.2. The highest BCUT2D eigenvalue weighted by Crippen LogP contribution is 2.31. The number of benzene rings is 1. The molecule has 92 valence electrons. The van der Waals surface area contributed by atoms with Gasteiger partial charge in [-0.05, 0) is 42.5 Å². The van der Waals surface area contributed by atoms with E-state index in [2.05, 4.69) is 32.3 Å². The number of thiazole rings is 1. The van der Waals surface area contributed by atoms with Crippen LogP contribution in [-0.4, -0.2) is 15.1 Å². The summed E-state index contributed by atoms with van der Waals surface area (Å²) in [5.74, 6) is 0. The molecule has 0 bridgehead atoms. The molecule has 1 aromatic carbocycles. The van der Waals surface area contributed by atoms with Crippen molar-refractivity contribution < 1.29 is 0 Å². The molecule has 0 fully saturated rings. The van der Waals surface area contributed by atoms with Gasteiger partial charge in [0.2, 0.25) is 0 Å². The minimum Gasteiger partial charge on any atom is -0.234 e. The maximum Gasteiger partial charge on any atom is 0.143 e. The first-order chi connectivity index (χ1) is 9.26. The van der Waals surface area contributed by atoms with E-state index in [0.29, 0.717) is 5.15 Å². The first-order valence-electron chi connectivity index (χ1n) is 5.38. The van der Waals surface area contributed by atoms with E-state index < -0.39 is 0 Å². The number of fused-ring (bicyclic) bond motifs is 1. The lowest BCUT2D eigenvalue weighted by Crippen LogP contribution is -1.81. The number of aliphatic imine (C=N–C) groups is 1. The monoisotopic (exact) mass is 303 g/mol. The zero-order valence-corrected chi connectivity index (χ0v) is 11.9. The largest absolute Gasteiger partial charge is 0.234 e. The van der Waals surface area contributed by atoms with Crippen LogP contribution < -0.4 is 0 Å². The smallest absolute Gasteiger partial charge is 0.143 e. The van der Waals surface area contributed by atoms with Crippen molar-refractivity contribution in [2.75, 3.05) is 0 Å². The van der Waals surface area contributed by atoms with E-state index >= 15 is 0 Å². The molecule has 0 aliphatic rings. The summed E-state index contributed by atoms with van der Waals surface area (Å²) in [5, 5.41) is 3.64. The fourth-order valence-corrected chi connectivity index (χ4v) is 2.86. The summed E-state index contributed by atoms with van der Waals surface area (Å²) in [6.45, 7) is 0. The quantitative estimate of drug-likeness (QED) is 0.390. The molecule has 19 heavy (non-hydrogen) atoms. The topological polar surface area (TPSA) is 38.1 Å². The Morgan fingerprint density at radius 3 is 2.89 bits per heavy atom. The third-order valence-corrected chi connectivity index (χ3v) is 3.84. The molecule has 6 heteroatoms. The maximum absolute atomic E-state index is 5.89. The van der Waals surface area contributed by atoms with Gasteiger partial charge in [0.15, 0.2) is 0 Å². The van der Waals surface area contributed by atoms with Gasteiger partial charge in [-0.2, -0.15) is 4.99 Å². The second-order valence-corrected chi connectivity index (χ2v) is 5.32. The van der Waals surface area contributed by atoms with Crippen LogP contribution in [0.25, 0.3) is 20.9 Å². The molecule has 3 rings (SSSR count). The third-order valence-electron chi connectivity index (χ3n) is 2.48. The molecule has 0 saturated carbocycles. The van der Waals surface area contributed by atoms with Gasteiger partial charge in [-0.15, -0.1) is 11.3 Å². The Kier molecular flexibility index (Phi) is 3.36. The molecule has 0 unspecified atom stereocenters. The second kappa shape index (κ2) is 5.15. The third kappa shape index (κ3) is 2.55. The summed E-state index contributed by atoms with van der Waals surface area (Å²) in [5.41, 5.74) is 2.39. The standard InChI is InChI=1S/C13H6ClN3S2/c14-12-3-1-2-9(16-12)13-17-10-6-8(15-7-18)4-5-11(10)19-13/h1-6H. The molecule has 3 aromatic rings. The summed E-state index contributed by atoms with van der Waals surface area (Å²) in [4.78, 5) is 12.7. The van der Waals surface area contributed by atoms with Gasteiger partial charge in [-0.25, -0.2) is 9.97 Å². The Hall–Kier alpha value is -1.65. The number of thiocarbonyl (C=S) groups is 1. The fourth-order valence-electron chi connectivity index (χ4n) is 1.68. The summed E-state index contributed by atoms with van der Waals surface area (Å²) in [6.07, 6.45) is 0. The molecule has 0 aliphatic heterocycles. The molecule has 2 aromatic heterocycles. The maximum atomic E-state index is 5.89. The van der Waals surface area contributed by atoms with E-state index in [4.69, 9.17) is 11.6 Å². The van der Waals surface area contributed by atoms with Crippen LogP contribution in [0.5, 0.6) is 0 Å². The minimum atomic E-state index is 0.461. The Balaban J connectivity index is 2.13. The zero-order valence-electron chi connectivity index (χ0n) is 9.50. The van der Waals surface area contributed by atoms with Crippen molar-refractivity contribution in [3.05, 3.63) is 41.6 Å². The van der Waals surface area contributed by atoms with Crippen LogP contribution in [-0.2, 0) is 0 Å². The molecule has 3 nitrogen and oxygen atoms in total. The number of aromatic nitrogens is 2. The van der Waals surface area contributed by atoms with Crippen molar-refractivity contribution in [2.24, 2.45) is 4.99 Å². The molecule has 0 atom stereocenters. The second-order valence-electron chi connectivity index (χ2n) is 3.72. The number of halogens is 1. The highest BCUT2D eigenvalue weighted by Gasteiger charge is 2.08. The van der Waals surface area contributed by atoms with Gasteiger partial charge in [0, 0.05) is 0 Å². The normalized spacial score (nSPS) is 10.4. The van der Waals surface area contributed by atoms with Crippen molar-refractivity contribution in [1.82, 2.24) is 9.97 Å². The SMILES string of the molecule is S=C=Nc1ccc2sc(-c3cccc(Cl)n3)nc2c1. The Labute approximate surface area is 123 Å². The number of hydrogen-bond donors (Lipinski definition) is 0. The molecule has 0 N–H and O–H groups in total. The summed E-state index contributed by atoms with van der Waals surface area (Å²) >= 11 is 12.1. The van der Waals surface area contributed by atoms with Gasteiger partial charge < -0.3 is 0 Å². The molecular formula is C13H6ClN3S2. The lowest BCUT2D eigenvalue weighted by Gasteiger charge is -1.94. The van der Waals surface area contributed by atoms with E-state index in [0.717, 1.165) is 26.6 Å². The number of nitrogens with zero attached hydrogens (tertiary/aromatic N) is 3. The molecule has 0 aliphatic carbocycles. The van der Waals surface area contributed by atoms with E-state index in [9.17, 15) is 0 Å². The molecule has 0 radical (unpaired) electrons. The summed E-state index contributed by atoms with van der Waals surface area (Å²) in [7, 11) is 0. The molecule has 2 heterocycles. The van der Waals surface area contributed by atoms with Crippen LogP contribution in [0.3, 0.4) is 0 Å². The van der Waals surface area contributed by atoms with Crippen LogP contribution in [0.1, 0.15) is 0 Å². The summed E-state index contributed by atoms with van der Waals surface area (Å²) in [6, 6.07) is 11.2. The van der Waals surface area contributed by atoms with E-state index in [1.165, 1.54) is 0 Å². The highest BCUT2D eigenvalue weighted by atomic mass is 35.5. The molecule has 0 amide bonds. The van der Waals surface area contributed by atoms with Gasteiger partial charge in [-0.1, -0.05) is 17.7 Å². The van der Waals surface area contributed by atoms with Crippen molar-refractivity contribution in [2.45, 2.75) is 0 Å². The van der Waals surface area contributed by atoms with Crippen molar-refractivity contribution >= 4 is 56.2 Å². The van der Waals surface area contributed by atoms with Crippen LogP contribution in [0.2, 0.25) is 5.15 Å². The van der Waals surface area contributed by atoms with Crippen LogP contribution >= 0.6 is 35.2 Å². The van der Waals surface area contributed by atoms with E-state index in [1.54, 1.807) is 17.4 Å². The lowest BCUT2D eigenvalue weighted by molar-refractivity contribution is 1.31. The van der Waals surface area contributed by atoms with Crippen LogP contribution in [0.4, 0.5) is 5.69 Å². The van der Waals surface area contributed by atoms with Crippen molar-refractivity contribution in [3.63, 3.8) is 0 Å². The first-order valence-corrected chi connectivity index (χ1v) is 6.98. The summed E-state index contributed by atoms with van der Waals surface area (Å²) < 4.78 is 1.07. The highest BCUT2D eigenvalue weighted by molar-refractivity contribution is 7.78. The molecular weight excluding hydrogens is 298 g/mol. The van der Waals surface area contributed by atoms with E-state index in [-0.39, 0.29) is 0 Å². The molecule has 0 saturated heterocycles. The fraction of sp³-hybridized carbons (Fsp3) is 0. The molecule has 0 spiro atoms. The van der Waals surface area contributed by atoms with E-state index in [1.807, 2.05) is 30.3 Å². The van der Waals surface area contributed by atoms with Crippen molar-refractivity contribution in [3.8, 4) is 10.7 Å². The van der Waals surface area contributed by atoms with Gasteiger partial charge in [0.25, 0.3) is 0 Å². The van der Waals surface area contributed by atoms with Gasteiger partial charge in [0.1, 0.15) is 15.9 Å². The Morgan fingerprint density at radius 1 is 1.21 bits per heavy atom. The lowest BCUT2D eigenvalue weighted by atomic mass is 10.3. The number of rotatable bonds is 2. The van der Waals surface area contributed by atoms with Crippen LogP contribution in [0, 0.1) is 0 Å². The number of hydrogen-bond acceptors (Lipinski definition) is 5. The number of pyridine rings is 1. The van der Waals surface area contributed by atoms with Gasteiger partial charge >= 0.3 is 0 Å². The Morgan fingerprint density at radius 2 is 2.11 bits per heavy atom. The average molecular weight is 304 g/mol. The average Bonchev–Trinajstić information content (AvgIpc) is 2.82. The predicted molar refractivity (Wildman–Crippen MR) is 82.5 cm³/mol. The van der Waals surface area contributed by atoms with Crippen molar-refractivity contribution in [1.29, 1.82) is 0 Å². The number of isothiocyanates is 1. The van der Waals surface area contributed by atoms with Crippen LogP contribution in [0.15, 0.2) is 41.4 Å². The van der Waals surface area contributed by atoms with Gasteiger partial charge in [0.05, 0.1) is 21.1 Å². The van der Waals surface area contributed by atoms with Gasteiger partial charge in [-0.3, -0.25) is 0 Å². The Bertz CT molecular complexity index is 807. The minimum absolute atomic E-state index is 0.461.